The SMILES string of the molecule is O=C(C1CCCN1C(=O)C1CC1)N1CCN(S(=O)(=O)c2cc(Cl)ccc2Cl)CC1. The number of carbonyl (C=O) groups is 2. The van der Waals surface area contributed by atoms with Crippen LogP contribution in [0.1, 0.15) is 25.7 Å². The first-order chi connectivity index (χ1) is 13.8. The monoisotopic (exact) mass is 459 g/mol. The summed E-state index contributed by atoms with van der Waals surface area (Å²) in [5.74, 6) is 0.111. The summed E-state index contributed by atoms with van der Waals surface area (Å²) in [6, 6.07) is 3.93. The van der Waals surface area contributed by atoms with E-state index in [-0.39, 0.29) is 53.8 Å². The lowest BCUT2D eigenvalue weighted by Crippen LogP contribution is -2.55. The minimum atomic E-state index is -3.80. The van der Waals surface area contributed by atoms with Crippen LogP contribution in [0, 0.1) is 5.92 Å². The van der Waals surface area contributed by atoms with Crippen molar-refractivity contribution in [2.75, 3.05) is 32.7 Å². The Labute approximate surface area is 180 Å². The highest BCUT2D eigenvalue weighted by atomic mass is 35.5. The van der Waals surface area contributed by atoms with Gasteiger partial charge in [-0.15, -0.1) is 0 Å². The number of amides is 2. The number of hydrogen-bond acceptors (Lipinski definition) is 4. The van der Waals surface area contributed by atoms with Crippen molar-refractivity contribution >= 4 is 45.0 Å². The second kappa shape index (κ2) is 8.06. The van der Waals surface area contributed by atoms with Gasteiger partial charge < -0.3 is 9.80 Å². The molecular weight excluding hydrogens is 437 g/mol. The fourth-order valence-corrected chi connectivity index (χ4v) is 6.18. The normalized spacial score (nSPS) is 23.4. The van der Waals surface area contributed by atoms with Gasteiger partial charge in [0, 0.05) is 43.7 Å². The first-order valence-electron chi connectivity index (χ1n) is 9.83. The molecule has 0 bridgehead atoms. The minimum Gasteiger partial charge on any atom is -0.338 e. The van der Waals surface area contributed by atoms with E-state index < -0.39 is 16.1 Å². The second-order valence-electron chi connectivity index (χ2n) is 7.77. The van der Waals surface area contributed by atoms with Gasteiger partial charge >= 0.3 is 0 Å². The molecule has 0 aromatic heterocycles. The Morgan fingerprint density at radius 2 is 1.62 bits per heavy atom. The van der Waals surface area contributed by atoms with E-state index in [2.05, 4.69) is 0 Å². The van der Waals surface area contributed by atoms with Crippen LogP contribution in [0.15, 0.2) is 23.1 Å². The number of carbonyl (C=O) groups excluding carboxylic acids is 2. The zero-order valence-electron chi connectivity index (χ0n) is 15.9. The van der Waals surface area contributed by atoms with E-state index in [1.165, 1.54) is 22.5 Å². The van der Waals surface area contributed by atoms with Gasteiger partial charge in [-0.1, -0.05) is 23.2 Å². The molecule has 7 nitrogen and oxygen atoms in total. The molecule has 1 aromatic carbocycles. The first kappa shape index (κ1) is 20.9. The van der Waals surface area contributed by atoms with Gasteiger partial charge in [-0.2, -0.15) is 4.31 Å². The summed E-state index contributed by atoms with van der Waals surface area (Å²) in [5.41, 5.74) is 0. The number of rotatable bonds is 4. The number of likely N-dealkylation sites (tertiary alicyclic amines) is 1. The number of sulfonamides is 1. The predicted molar refractivity (Wildman–Crippen MR) is 109 cm³/mol. The zero-order chi connectivity index (χ0) is 20.8. The van der Waals surface area contributed by atoms with Gasteiger partial charge in [0.2, 0.25) is 21.8 Å². The van der Waals surface area contributed by atoms with Crippen molar-refractivity contribution in [3.8, 4) is 0 Å². The van der Waals surface area contributed by atoms with Gasteiger partial charge in [0.1, 0.15) is 10.9 Å². The summed E-state index contributed by atoms with van der Waals surface area (Å²) in [6.45, 7) is 1.57. The Morgan fingerprint density at radius 3 is 2.28 bits per heavy atom. The van der Waals surface area contributed by atoms with Crippen molar-refractivity contribution in [1.29, 1.82) is 0 Å². The van der Waals surface area contributed by atoms with Crippen molar-refractivity contribution in [2.45, 2.75) is 36.6 Å². The summed E-state index contributed by atoms with van der Waals surface area (Å²) < 4.78 is 27.2. The van der Waals surface area contributed by atoms with E-state index in [4.69, 9.17) is 23.2 Å². The average Bonchev–Trinajstić information content (AvgIpc) is 3.45. The number of benzene rings is 1. The van der Waals surface area contributed by atoms with Gasteiger partial charge in [0.15, 0.2) is 0 Å². The lowest BCUT2D eigenvalue weighted by atomic mass is 10.1. The molecule has 4 rings (SSSR count). The van der Waals surface area contributed by atoms with Gasteiger partial charge in [-0.3, -0.25) is 9.59 Å². The molecule has 2 saturated heterocycles. The average molecular weight is 460 g/mol. The van der Waals surface area contributed by atoms with Gasteiger partial charge in [-0.05, 0) is 43.9 Å². The lowest BCUT2D eigenvalue weighted by Gasteiger charge is -2.36. The molecule has 158 valence electrons. The Balaban J connectivity index is 1.42. The molecule has 0 spiro atoms. The molecule has 29 heavy (non-hydrogen) atoms. The molecule has 1 atom stereocenters. The zero-order valence-corrected chi connectivity index (χ0v) is 18.2. The maximum absolute atomic E-state index is 13.0. The van der Waals surface area contributed by atoms with Crippen LogP contribution in [-0.4, -0.2) is 73.1 Å². The van der Waals surface area contributed by atoms with Crippen LogP contribution >= 0.6 is 23.2 Å². The molecular formula is C19H23Cl2N3O4S. The summed E-state index contributed by atoms with van der Waals surface area (Å²) in [6.07, 6.45) is 3.34. The smallest absolute Gasteiger partial charge is 0.245 e. The number of nitrogens with zero attached hydrogens (tertiary/aromatic N) is 3. The van der Waals surface area contributed by atoms with Crippen LogP contribution in [0.5, 0.6) is 0 Å². The van der Waals surface area contributed by atoms with E-state index >= 15 is 0 Å². The molecule has 1 aromatic rings. The fraction of sp³-hybridized carbons (Fsp3) is 0.579. The van der Waals surface area contributed by atoms with Crippen molar-refractivity contribution in [3.05, 3.63) is 28.2 Å². The largest absolute Gasteiger partial charge is 0.338 e. The standard InChI is InChI=1S/C19H23Cl2N3O4S/c20-14-5-6-15(21)17(12-14)29(27,28)23-10-8-22(9-11-23)19(26)16-2-1-7-24(16)18(25)13-3-4-13/h5-6,12-13,16H,1-4,7-11H2. The molecule has 1 saturated carbocycles. The Bertz CT molecular complexity index is 927. The number of halogens is 2. The van der Waals surface area contributed by atoms with Gasteiger partial charge in [0.05, 0.1) is 5.02 Å². The first-order valence-corrected chi connectivity index (χ1v) is 12.0. The molecule has 3 fully saturated rings. The number of hydrogen-bond donors (Lipinski definition) is 0. The van der Waals surface area contributed by atoms with E-state index in [0.717, 1.165) is 19.3 Å². The summed E-state index contributed by atoms with van der Waals surface area (Å²) in [7, 11) is -3.80. The highest BCUT2D eigenvalue weighted by molar-refractivity contribution is 7.89. The highest BCUT2D eigenvalue weighted by Crippen LogP contribution is 2.34. The highest BCUT2D eigenvalue weighted by Gasteiger charge is 2.43. The Morgan fingerprint density at radius 1 is 0.931 bits per heavy atom. The van der Waals surface area contributed by atoms with E-state index in [0.29, 0.717) is 18.0 Å². The molecule has 3 aliphatic rings. The maximum atomic E-state index is 13.0. The van der Waals surface area contributed by atoms with Crippen molar-refractivity contribution in [2.24, 2.45) is 5.92 Å². The third kappa shape index (κ3) is 4.13. The lowest BCUT2D eigenvalue weighted by molar-refractivity contribution is -0.145. The summed E-state index contributed by atoms with van der Waals surface area (Å²) in [4.78, 5) is 28.8. The predicted octanol–water partition coefficient (Wildman–Crippen LogP) is 2.23. The third-order valence-corrected chi connectivity index (χ3v) is 8.42. The van der Waals surface area contributed by atoms with Crippen LogP contribution in [-0.2, 0) is 19.6 Å². The fourth-order valence-electron chi connectivity index (χ4n) is 4.03. The van der Waals surface area contributed by atoms with Crippen LogP contribution in [0.4, 0.5) is 0 Å². The molecule has 2 amide bonds. The van der Waals surface area contributed by atoms with Gasteiger partial charge in [-0.25, -0.2) is 8.42 Å². The van der Waals surface area contributed by atoms with Crippen LogP contribution in [0.3, 0.4) is 0 Å². The third-order valence-electron chi connectivity index (χ3n) is 5.81. The summed E-state index contributed by atoms with van der Waals surface area (Å²) in [5, 5.41) is 0.413. The molecule has 0 N–H and O–H groups in total. The molecule has 1 aliphatic carbocycles. The molecule has 2 aliphatic heterocycles. The molecule has 1 unspecified atom stereocenters. The van der Waals surface area contributed by atoms with Crippen molar-refractivity contribution in [3.63, 3.8) is 0 Å². The molecule has 0 radical (unpaired) electrons. The quantitative estimate of drug-likeness (QED) is 0.691. The Kier molecular flexibility index (Phi) is 5.81. The van der Waals surface area contributed by atoms with Crippen molar-refractivity contribution in [1.82, 2.24) is 14.1 Å². The van der Waals surface area contributed by atoms with Crippen molar-refractivity contribution < 1.29 is 18.0 Å². The molecule has 2 heterocycles. The second-order valence-corrected chi connectivity index (χ2v) is 10.5. The van der Waals surface area contributed by atoms with Crippen LogP contribution in [0.2, 0.25) is 10.0 Å². The van der Waals surface area contributed by atoms with Crippen LogP contribution in [0.25, 0.3) is 0 Å². The topological polar surface area (TPSA) is 78.0 Å². The van der Waals surface area contributed by atoms with Gasteiger partial charge in [0.25, 0.3) is 0 Å². The number of piperazine rings is 1. The summed E-state index contributed by atoms with van der Waals surface area (Å²) >= 11 is 12.0. The minimum absolute atomic E-state index is 0.0246. The van der Waals surface area contributed by atoms with E-state index in [9.17, 15) is 18.0 Å². The van der Waals surface area contributed by atoms with E-state index in [1.54, 1.807) is 9.80 Å². The Hall–Kier alpha value is -1.35. The maximum Gasteiger partial charge on any atom is 0.245 e. The molecule has 10 heteroatoms. The van der Waals surface area contributed by atoms with Crippen LogP contribution < -0.4 is 0 Å². The van der Waals surface area contributed by atoms with E-state index in [1.807, 2.05) is 0 Å².